The minimum Gasteiger partial charge on any atom is -0.444 e. The molecule has 3 rings (SSSR count). The molecule has 0 atom stereocenters. The van der Waals surface area contributed by atoms with Gasteiger partial charge in [-0.3, -0.25) is 4.79 Å². The highest BCUT2D eigenvalue weighted by atomic mass is 19.1. The van der Waals surface area contributed by atoms with Crippen LogP contribution in [0.15, 0.2) is 60.8 Å². The molecule has 0 aliphatic rings. The van der Waals surface area contributed by atoms with Crippen LogP contribution in [0.2, 0.25) is 0 Å². The van der Waals surface area contributed by atoms with E-state index in [1.165, 1.54) is 24.3 Å². The van der Waals surface area contributed by atoms with Gasteiger partial charge in [0.2, 0.25) is 5.88 Å². The molecule has 0 unspecified atom stereocenters. The lowest BCUT2D eigenvalue weighted by molar-refractivity contribution is 0.0523. The topological polar surface area (TPSA) is 89.6 Å². The third kappa shape index (κ3) is 7.54. The van der Waals surface area contributed by atoms with Crippen molar-refractivity contribution in [3.63, 3.8) is 0 Å². The van der Waals surface area contributed by atoms with Crippen molar-refractivity contribution < 1.29 is 27.8 Å². The second-order valence-electron chi connectivity index (χ2n) is 8.42. The lowest BCUT2D eigenvalue weighted by atomic mass is 10.1. The molecule has 2 N–H and O–H groups in total. The number of benzene rings is 2. The number of hydrogen-bond acceptors (Lipinski definition) is 5. The number of rotatable bonds is 7. The van der Waals surface area contributed by atoms with Crippen molar-refractivity contribution >= 4 is 12.0 Å². The summed E-state index contributed by atoms with van der Waals surface area (Å²) in [5, 5.41) is 5.37. The quantitative estimate of drug-likeness (QED) is 0.502. The number of amides is 2. The summed E-state index contributed by atoms with van der Waals surface area (Å²) in [5.74, 6) is -1.57. The fraction of sp³-hybridized carbons (Fsp3) is 0.240. The molecule has 0 aliphatic carbocycles. The van der Waals surface area contributed by atoms with Gasteiger partial charge in [-0.15, -0.1) is 0 Å². The molecular weight excluding hydrogens is 444 g/mol. The molecule has 34 heavy (non-hydrogen) atoms. The first-order valence-electron chi connectivity index (χ1n) is 10.5. The molecule has 178 valence electrons. The van der Waals surface area contributed by atoms with E-state index in [1.54, 1.807) is 32.9 Å². The Morgan fingerprint density at radius 2 is 1.47 bits per heavy atom. The largest absolute Gasteiger partial charge is 0.444 e. The van der Waals surface area contributed by atoms with E-state index in [2.05, 4.69) is 15.6 Å². The number of carbonyl (C=O) groups is 2. The zero-order chi connectivity index (χ0) is 24.7. The molecule has 0 saturated carbocycles. The molecule has 0 spiro atoms. The first-order valence-corrected chi connectivity index (χ1v) is 10.5. The maximum Gasteiger partial charge on any atom is 0.407 e. The summed E-state index contributed by atoms with van der Waals surface area (Å²) in [6.45, 7) is 5.82. The number of aromatic nitrogens is 1. The van der Waals surface area contributed by atoms with Gasteiger partial charge in [0.25, 0.3) is 5.91 Å². The van der Waals surface area contributed by atoms with E-state index in [9.17, 15) is 18.4 Å². The molecule has 0 saturated heterocycles. The number of nitrogens with one attached hydrogen (secondary N) is 2. The van der Waals surface area contributed by atoms with E-state index in [0.29, 0.717) is 6.54 Å². The Kier molecular flexibility index (Phi) is 7.78. The van der Waals surface area contributed by atoms with Crippen molar-refractivity contribution in [1.82, 2.24) is 15.6 Å². The predicted octanol–water partition coefficient (Wildman–Crippen LogP) is 5.11. The van der Waals surface area contributed by atoms with Crippen LogP contribution in [0.3, 0.4) is 0 Å². The summed E-state index contributed by atoms with van der Waals surface area (Å²) in [5.41, 5.74) is 0.972. The SMILES string of the molecule is CC(C)(C)OC(=O)NCc1ccc(CNC(=O)c2cc(F)cnc2Oc2ccc(F)cc2)cc1. The Balaban J connectivity index is 1.58. The van der Waals surface area contributed by atoms with E-state index in [1.807, 2.05) is 12.1 Å². The van der Waals surface area contributed by atoms with Gasteiger partial charge in [0.15, 0.2) is 0 Å². The van der Waals surface area contributed by atoms with Gasteiger partial charge in [-0.05, 0) is 62.2 Å². The summed E-state index contributed by atoms with van der Waals surface area (Å²) in [6, 6.07) is 13.4. The Morgan fingerprint density at radius 3 is 2.06 bits per heavy atom. The third-order valence-electron chi connectivity index (χ3n) is 4.40. The van der Waals surface area contributed by atoms with Crippen LogP contribution >= 0.6 is 0 Å². The average Bonchev–Trinajstić information content (AvgIpc) is 2.78. The highest BCUT2D eigenvalue weighted by Gasteiger charge is 2.17. The lowest BCUT2D eigenvalue weighted by Gasteiger charge is -2.19. The van der Waals surface area contributed by atoms with Gasteiger partial charge >= 0.3 is 6.09 Å². The highest BCUT2D eigenvalue weighted by molar-refractivity contribution is 5.96. The van der Waals surface area contributed by atoms with Crippen LogP contribution in [0.4, 0.5) is 13.6 Å². The van der Waals surface area contributed by atoms with Crippen molar-refractivity contribution in [3.05, 3.63) is 89.1 Å². The molecular formula is C25H25F2N3O4. The number of ether oxygens (including phenoxy) is 2. The highest BCUT2D eigenvalue weighted by Crippen LogP contribution is 2.24. The maximum absolute atomic E-state index is 13.7. The zero-order valence-corrected chi connectivity index (χ0v) is 19.0. The Bertz CT molecular complexity index is 1140. The number of carbonyl (C=O) groups excluding carboxylic acids is 2. The maximum atomic E-state index is 13.7. The molecule has 1 aromatic heterocycles. The minimum absolute atomic E-state index is 0.0949. The van der Waals surface area contributed by atoms with Crippen molar-refractivity contribution in [1.29, 1.82) is 0 Å². The van der Waals surface area contributed by atoms with Gasteiger partial charge in [-0.2, -0.15) is 0 Å². The van der Waals surface area contributed by atoms with E-state index in [-0.39, 0.29) is 23.7 Å². The van der Waals surface area contributed by atoms with E-state index < -0.39 is 29.2 Å². The second kappa shape index (κ2) is 10.7. The molecule has 3 aromatic rings. The Hall–Kier alpha value is -4.01. The van der Waals surface area contributed by atoms with Gasteiger partial charge in [-0.25, -0.2) is 18.6 Å². The Labute approximate surface area is 196 Å². The van der Waals surface area contributed by atoms with E-state index >= 15 is 0 Å². The average molecular weight is 469 g/mol. The van der Waals surface area contributed by atoms with Crippen LogP contribution in [-0.4, -0.2) is 22.6 Å². The summed E-state index contributed by atoms with van der Waals surface area (Å²) in [7, 11) is 0. The van der Waals surface area contributed by atoms with Crippen molar-refractivity contribution in [3.8, 4) is 11.6 Å². The molecule has 2 amide bonds. The minimum atomic E-state index is -0.696. The normalized spacial score (nSPS) is 11.0. The lowest BCUT2D eigenvalue weighted by Crippen LogP contribution is -2.32. The number of halogens is 2. The van der Waals surface area contributed by atoms with Crippen molar-refractivity contribution in [2.45, 2.75) is 39.5 Å². The fourth-order valence-electron chi connectivity index (χ4n) is 2.83. The summed E-state index contributed by atoms with van der Waals surface area (Å²) in [6.07, 6.45) is 0.422. The molecule has 9 heteroatoms. The van der Waals surface area contributed by atoms with E-state index in [0.717, 1.165) is 23.4 Å². The smallest absolute Gasteiger partial charge is 0.407 e. The van der Waals surface area contributed by atoms with Crippen molar-refractivity contribution in [2.24, 2.45) is 0 Å². The molecule has 0 radical (unpaired) electrons. The summed E-state index contributed by atoms with van der Waals surface area (Å²) in [4.78, 5) is 28.3. The number of nitrogens with zero attached hydrogens (tertiary/aromatic N) is 1. The van der Waals surface area contributed by atoms with Gasteiger partial charge in [-0.1, -0.05) is 24.3 Å². The second-order valence-corrected chi connectivity index (χ2v) is 8.42. The third-order valence-corrected chi connectivity index (χ3v) is 4.40. The van der Waals surface area contributed by atoms with Gasteiger partial charge in [0.1, 0.15) is 28.5 Å². The van der Waals surface area contributed by atoms with Crippen LogP contribution in [0.25, 0.3) is 0 Å². The Morgan fingerprint density at radius 1 is 0.882 bits per heavy atom. The summed E-state index contributed by atoms with van der Waals surface area (Å²) >= 11 is 0. The van der Waals surface area contributed by atoms with Crippen LogP contribution in [0, 0.1) is 11.6 Å². The van der Waals surface area contributed by atoms with Gasteiger partial charge in [0.05, 0.1) is 6.20 Å². The zero-order valence-electron chi connectivity index (χ0n) is 19.0. The standard InChI is InChI=1S/C25H25F2N3O4/c1-25(2,3)34-24(32)30-14-17-6-4-16(5-7-17)13-28-22(31)21-12-19(27)15-29-23(21)33-20-10-8-18(26)9-11-20/h4-12,15H,13-14H2,1-3H3,(H,28,31)(H,30,32). The fourth-order valence-corrected chi connectivity index (χ4v) is 2.83. The predicted molar refractivity (Wildman–Crippen MR) is 121 cm³/mol. The van der Waals surface area contributed by atoms with Gasteiger partial charge in [0, 0.05) is 13.1 Å². The summed E-state index contributed by atoms with van der Waals surface area (Å²) < 4.78 is 37.6. The van der Waals surface area contributed by atoms with Crippen LogP contribution in [-0.2, 0) is 17.8 Å². The molecule has 2 aromatic carbocycles. The number of alkyl carbamates (subject to hydrolysis) is 1. The first kappa shape index (κ1) is 24.6. The van der Waals surface area contributed by atoms with Crippen LogP contribution < -0.4 is 15.4 Å². The molecule has 0 fully saturated rings. The monoisotopic (exact) mass is 469 g/mol. The molecule has 0 aliphatic heterocycles. The number of hydrogen-bond donors (Lipinski definition) is 2. The molecule has 0 bridgehead atoms. The number of pyridine rings is 1. The van der Waals surface area contributed by atoms with E-state index in [4.69, 9.17) is 9.47 Å². The molecule has 7 nitrogen and oxygen atoms in total. The van der Waals surface area contributed by atoms with Gasteiger partial charge < -0.3 is 20.1 Å². The van der Waals surface area contributed by atoms with Crippen molar-refractivity contribution in [2.75, 3.05) is 0 Å². The van der Waals surface area contributed by atoms with Crippen LogP contribution in [0.1, 0.15) is 42.3 Å². The van der Waals surface area contributed by atoms with Crippen LogP contribution in [0.5, 0.6) is 11.6 Å². The first-order chi connectivity index (χ1) is 16.1. The molecule has 1 heterocycles.